The van der Waals surface area contributed by atoms with Crippen LogP contribution in [0.5, 0.6) is 0 Å². The lowest BCUT2D eigenvalue weighted by Gasteiger charge is -2.27. The van der Waals surface area contributed by atoms with E-state index < -0.39 is 4.92 Å². The summed E-state index contributed by atoms with van der Waals surface area (Å²) in [7, 11) is 0. The Morgan fingerprint density at radius 3 is 3.05 bits per heavy atom. The second-order valence-corrected chi connectivity index (χ2v) is 5.52. The minimum absolute atomic E-state index is 0.114. The number of benzene rings is 1. The number of nitrogens with zero attached hydrogens (tertiary/aromatic N) is 2. The first kappa shape index (κ1) is 14.7. The molecule has 1 aromatic carbocycles. The number of fused-ring (bicyclic) bond motifs is 1. The third-order valence-electron chi connectivity index (χ3n) is 3.73. The van der Waals surface area contributed by atoms with Crippen molar-refractivity contribution in [2.45, 2.75) is 12.5 Å². The van der Waals surface area contributed by atoms with E-state index in [1.54, 1.807) is 0 Å². The largest absolute Gasteiger partial charge is 0.367 e. The van der Waals surface area contributed by atoms with Gasteiger partial charge < -0.3 is 10.6 Å². The molecule has 2 heterocycles. The molecule has 3 rings (SSSR count). The number of halogens is 1. The van der Waals surface area contributed by atoms with Gasteiger partial charge in [-0.1, -0.05) is 35.9 Å². The highest BCUT2D eigenvalue weighted by molar-refractivity contribution is 6.33. The van der Waals surface area contributed by atoms with Crippen LogP contribution in [0.4, 0.5) is 11.5 Å². The topological polar surface area (TPSA) is 80.1 Å². The standard InChI is InChI=1S/C15H15ClN4O2/c16-13-7-11(20(21)22)8-18-15(13)19-9-14-12-4-2-1-3-10(12)5-6-17-14/h1-4,7-8,14,17H,5-6,9H2,(H,18,19). The summed E-state index contributed by atoms with van der Waals surface area (Å²) in [6.45, 7) is 1.53. The molecule has 0 amide bonds. The van der Waals surface area contributed by atoms with E-state index in [-0.39, 0.29) is 16.8 Å². The summed E-state index contributed by atoms with van der Waals surface area (Å²) in [6.07, 6.45) is 2.22. The highest BCUT2D eigenvalue weighted by atomic mass is 35.5. The van der Waals surface area contributed by atoms with Crippen molar-refractivity contribution in [2.24, 2.45) is 0 Å². The van der Waals surface area contributed by atoms with Gasteiger partial charge in [0, 0.05) is 18.7 Å². The van der Waals surface area contributed by atoms with Crippen LogP contribution in [-0.2, 0) is 6.42 Å². The smallest absolute Gasteiger partial charge is 0.289 e. The van der Waals surface area contributed by atoms with E-state index in [9.17, 15) is 10.1 Å². The van der Waals surface area contributed by atoms with Gasteiger partial charge in [-0.2, -0.15) is 0 Å². The van der Waals surface area contributed by atoms with E-state index in [2.05, 4.69) is 27.8 Å². The molecule has 1 aliphatic rings. The van der Waals surface area contributed by atoms with Crippen LogP contribution >= 0.6 is 11.6 Å². The maximum Gasteiger partial charge on any atom is 0.289 e. The Hall–Kier alpha value is -2.18. The lowest BCUT2D eigenvalue weighted by molar-refractivity contribution is -0.385. The fraction of sp³-hybridized carbons (Fsp3) is 0.267. The summed E-state index contributed by atoms with van der Waals surface area (Å²) in [5.74, 6) is 0.456. The predicted molar refractivity (Wildman–Crippen MR) is 85.3 cm³/mol. The van der Waals surface area contributed by atoms with Gasteiger partial charge >= 0.3 is 0 Å². The van der Waals surface area contributed by atoms with E-state index in [1.807, 2.05) is 12.1 Å². The van der Waals surface area contributed by atoms with Crippen molar-refractivity contribution in [3.8, 4) is 0 Å². The van der Waals surface area contributed by atoms with E-state index in [0.29, 0.717) is 12.4 Å². The van der Waals surface area contributed by atoms with Crippen LogP contribution in [0, 0.1) is 10.1 Å². The van der Waals surface area contributed by atoms with Gasteiger partial charge in [0.15, 0.2) is 0 Å². The zero-order valence-electron chi connectivity index (χ0n) is 11.8. The second kappa shape index (κ2) is 6.29. The Labute approximate surface area is 132 Å². The molecule has 7 heteroatoms. The zero-order chi connectivity index (χ0) is 15.5. The van der Waals surface area contributed by atoms with E-state index in [4.69, 9.17) is 11.6 Å². The molecule has 2 aromatic rings. The maximum absolute atomic E-state index is 10.7. The number of aromatic nitrogens is 1. The summed E-state index contributed by atoms with van der Waals surface area (Å²) >= 11 is 6.04. The number of nitrogens with one attached hydrogen (secondary N) is 2. The van der Waals surface area contributed by atoms with Crippen molar-refractivity contribution >= 4 is 23.1 Å². The molecule has 1 unspecified atom stereocenters. The van der Waals surface area contributed by atoms with Crippen LogP contribution in [0.25, 0.3) is 0 Å². The fourth-order valence-electron chi connectivity index (χ4n) is 2.63. The number of hydrogen-bond acceptors (Lipinski definition) is 5. The van der Waals surface area contributed by atoms with Gasteiger partial charge in [0.1, 0.15) is 12.0 Å². The van der Waals surface area contributed by atoms with E-state index in [1.165, 1.54) is 23.4 Å². The molecular weight excluding hydrogens is 304 g/mol. The van der Waals surface area contributed by atoms with Crippen LogP contribution in [-0.4, -0.2) is 23.0 Å². The Bertz CT molecular complexity index is 708. The Morgan fingerprint density at radius 1 is 1.45 bits per heavy atom. The molecule has 22 heavy (non-hydrogen) atoms. The molecule has 0 bridgehead atoms. The fourth-order valence-corrected chi connectivity index (χ4v) is 2.86. The number of rotatable bonds is 4. The molecule has 0 radical (unpaired) electrons. The quantitative estimate of drug-likeness (QED) is 0.669. The molecule has 1 atom stereocenters. The number of anilines is 1. The van der Waals surface area contributed by atoms with Crippen molar-refractivity contribution < 1.29 is 4.92 Å². The van der Waals surface area contributed by atoms with Crippen molar-refractivity contribution in [3.63, 3.8) is 0 Å². The van der Waals surface area contributed by atoms with Crippen LogP contribution in [0.2, 0.25) is 5.02 Å². The van der Waals surface area contributed by atoms with Gasteiger partial charge in [0.2, 0.25) is 0 Å². The lowest BCUT2D eigenvalue weighted by Crippen LogP contribution is -2.34. The molecule has 0 aliphatic carbocycles. The van der Waals surface area contributed by atoms with E-state index in [0.717, 1.165) is 13.0 Å². The first-order valence-corrected chi connectivity index (χ1v) is 7.38. The molecular formula is C15H15ClN4O2. The number of pyridine rings is 1. The van der Waals surface area contributed by atoms with Crippen molar-refractivity contribution in [3.05, 3.63) is 62.8 Å². The highest BCUT2D eigenvalue weighted by Gasteiger charge is 2.19. The average molecular weight is 319 g/mol. The molecule has 0 saturated heterocycles. The molecule has 0 fully saturated rings. The first-order chi connectivity index (χ1) is 10.6. The highest BCUT2D eigenvalue weighted by Crippen LogP contribution is 2.26. The number of nitro groups is 1. The molecule has 1 aromatic heterocycles. The normalized spacial score (nSPS) is 16.9. The monoisotopic (exact) mass is 318 g/mol. The zero-order valence-corrected chi connectivity index (χ0v) is 12.5. The maximum atomic E-state index is 10.7. The van der Waals surface area contributed by atoms with Crippen molar-refractivity contribution in [2.75, 3.05) is 18.4 Å². The van der Waals surface area contributed by atoms with E-state index >= 15 is 0 Å². The van der Waals surface area contributed by atoms with Crippen LogP contribution in [0.1, 0.15) is 17.2 Å². The molecule has 0 saturated carbocycles. The van der Waals surface area contributed by atoms with Crippen LogP contribution < -0.4 is 10.6 Å². The third kappa shape index (κ3) is 3.03. The second-order valence-electron chi connectivity index (χ2n) is 5.12. The van der Waals surface area contributed by atoms with Gasteiger partial charge in [-0.25, -0.2) is 4.98 Å². The van der Waals surface area contributed by atoms with Gasteiger partial charge in [0.05, 0.1) is 9.95 Å². The molecule has 2 N–H and O–H groups in total. The minimum atomic E-state index is -0.512. The summed E-state index contributed by atoms with van der Waals surface area (Å²) in [5, 5.41) is 17.5. The van der Waals surface area contributed by atoms with Crippen molar-refractivity contribution in [1.82, 2.24) is 10.3 Å². The van der Waals surface area contributed by atoms with Gasteiger partial charge in [-0.05, 0) is 24.1 Å². The summed E-state index contributed by atoms with van der Waals surface area (Å²) in [6, 6.07) is 9.79. The van der Waals surface area contributed by atoms with Crippen LogP contribution in [0.15, 0.2) is 36.5 Å². The Balaban J connectivity index is 1.72. The number of hydrogen-bond donors (Lipinski definition) is 2. The molecule has 114 valence electrons. The SMILES string of the molecule is O=[N+]([O-])c1cnc(NCC2NCCc3ccccc32)c(Cl)c1. The average Bonchev–Trinajstić information content (AvgIpc) is 2.53. The van der Waals surface area contributed by atoms with Gasteiger partial charge in [-0.15, -0.1) is 0 Å². The summed E-state index contributed by atoms with van der Waals surface area (Å²) in [4.78, 5) is 14.2. The molecule has 6 nitrogen and oxygen atoms in total. The lowest BCUT2D eigenvalue weighted by atomic mass is 9.94. The van der Waals surface area contributed by atoms with Gasteiger partial charge in [0.25, 0.3) is 5.69 Å². The minimum Gasteiger partial charge on any atom is -0.367 e. The summed E-state index contributed by atoms with van der Waals surface area (Å²) in [5.41, 5.74) is 2.49. The first-order valence-electron chi connectivity index (χ1n) is 7.00. The Kier molecular flexibility index (Phi) is 4.22. The molecule has 1 aliphatic heterocycles. The molecule has 0 spiro atoms. The predicted octanol–water partition coefficient (Wildman–Crippen LogP) is 2.94. The summed E-state index contributed by atoms with van der Waals surface area (Å²) < 4.78 is 0. The Morgan fingerprint density at radius 2 is 2.27 bits per heavy atom. The van der Waals surface area contributed by atoms with Crippen molar-refractivity contribution in [1.29, 1.82) is 0 Å². The third-order valence-corrected chi connectivity index (χ3v) is 4.01. The van der Waals surface area contributed by atoms with Gasteiger partial charge in [-0.3, -0.25) is 10.1 Å². The van der Waals surface area contributed by atoms with Crippen LogP contribution in [0.3, 0.4) is 0 Å².